The molecule has 2 rings (SSSR count). The third-order valence-corrected chi connectivity index (χ3v) is 3.59. The highest BCUT2D eigenvalue weighted by atomic mass is 35.5. The molecular formula is C13H18ClN3O. The van der Waals surface area contributed by atoms with Crippen LogP contribution in [0.25, 0.3) is 0 Å². The summed E-state index contributed by atoms with van der Waals surface area (Å²) in [7, 11) is 3.55. The van der Waals surface area contributed by atoms with Crippen LogP contribution in [0.1, 0.15) is 12.8 Å². The lowest BCUT2D eigenvalue weighted by Crippen LogP contribution is -2.43. The number of nitrogens with zero attached hydrogens (tertiary/aromatic N) is 2. The van der Waals surface area contributed by atoms with Crippen molar-refractivity contribution < 1.29 is 4.79 Å². The average Bonchev–Trinajstić information content (AvgIpc) is 2.76. The first-order chi connectivity index (χ1) is 8.52. The minimum absolute atomic E-state index is 0.104. The molecule has 5 heteroatoms. The van der Waals surface area contributed by atoms with Crippen LogP contribution in [-0.4, -0.2) is 37.5 Å². The van der Waals surface area contributed by atoms with Gasteiger partial charge in [-0.25, -0.2) is 0 Å². The summed E-state index contributed by atoms with van der Waals surface area (Å²) >= 11 is 6.21. The van der Waals surface area contributed by atoms with E-state index in [0.29, 0.717) is 10.7 Å². The van der Waals surface area contributed by atoms with Gasteiger partial charge in [0.2, 0.25) is 5.91 Å². The van der Waals surface area contributed by atoms with Gasteiger partial charge in [0, 0.05) is 20.6 Å². The first-order valence-corrected chi connectivity index (χ1v) is 6.42. The van der Waals surface area contributed by atoms with Gasteiger partial charge in [0.05, 0.1) is 16.4 Å². The maximum atomic E-state index is 12.2. The van der Waals surface area contributed by atoms with Gasteiger partial charge in [0.15, 0.2) is 0 Å². The summed E-state index contributed by atoms with van der Waals surface area (Å²) in [5.74, 6) is 0.104. The molecule has 0 saturated carbocycles. The van der Waals surface area contributed by atoms with E-state index in [-0.39, 0.29) is 11.9 Å². The topological polar surface area (TPSA) is 49.6 Å². The van der Waals surface area contributed by atoms with E-state index in [1.807, 2.05) is 23.1 Å². The van der Waals surface area contributed by atoms with Crippen molar-refractivity contribution in [1.29, 1.82) is 0 Å². The number of amides is 1. The smallest absolute Gasteiger partial charge is 0.244 e. The molecule has 0 spiro atoms. The third-order valence-electron chi connectivity index (χ3n) is 3.28. The predicted molar refractivity (Wildman–Crippen MR) is 74.9 cm³/mol. The summed E-state index contributed by atoms with van der Waals surface area (Å²) in [6.07, 6.45) is 1.83. The summed E-state index contributed by atoms with van der Waals surface area (Å²) in [5.41, 5.74) is 7.40. The summed E-state index contributed by atoms with van der Waals surface area (Å²) in [6.45, 7) is 0.818. The normalized spacial score (nSPS) is 19.1. The molecule has 0 radical (unpaired) electrons. The Morgan fingerprint density at radius 2 is 2.22 bits per heavy atom. The van der Waals surface area contributed by atoms with Crippen LogP contribution < -0.4 is 10.6 Å². The molecule has 1 saturated heterocycles. The number of rotatable bonds is 2. The van der Waals surface area contributed by atoms with E-state index in [4.69, 9.17) is 17.3 Å². The van der Waals surface area contributed by atoms with Crippen molar-refractivity contribution in [3.05, 3.63) is 23.2 Å². The van der Waals surface area contributed by atoms with E-state index in [2.05, 4.69) is 0 Å². The zero-order chi connectivity index (χ0) is 13.3. The Bertz CT molecular complexity index is 441. The molecule has 4 nitrogen and oxygen atoms in total. The molecule has 2 N–H and O–H groups in total. The summed E-state index contributed by atoms with van der Waals surface area (Å²) in [6, 6.07) is 5.29. The van der Waals surface area contributed by atoms with Gasteiger partial charge in [0.1, 0.15) is 6.04 Å². The van der Waals surface area contributed by atoms with Gasteiger partial charge in [0.25, 0.3) is 0 Å². The quantitative estimate of drug-likeness (QED) is 0.834. The molecule has 1 heterocycles. The molecule has 0 bridgehead atoms. The minimum Gasteiger partial charge on any atom is -0.397 e. The number of likely N-dealkylation sites (N-methyl/N-ethyl adjacent to an activating group) is 1. The number of para-hydroxylation sites is 1. The molecule has 1 aromatic rings. The van der Waals surface area contributed by atoms with Gasteiger partial charge in [-0.05, 0) is 25.0 Å². The van der Waals surface area contributed by atoms with Gasteiger partial charge < -0.3 is 15.5 Å². The van der Waals surface area contributed by atoms with Crippen molar-refractivity contribution in [1.82, 2.24) is 4.90 Å². The fourth-order valence-corrected chi connectivity index (χ4v) is 2.71. The number of hydrogen-bond donors (Lipinski definition) is 1. The van der Waals surface area contributed by atoms with Crippen molar-refractivity contribution in [3.8, 4) is 0 Å². The van der Waals surface area contributed by atoms with Crippen LogP contribution in [0.3, 0.4) is 0 Å². The molecule has 18 heavy (non-hydrogen) atoms. The highest BCUT2D eigenvalue weighted by molar-refractivity contribution is 6.34. The highest BCUT2D eigenvalue weighted by Gasteiger charge is 2.33. The number of nitrogens with two attached hydrogens (primary N) is 1. The molecule has 1 aliphatic heterocycles. The molecular weight excluding hydrogens is 250 g/mol. The van der Waals surface area contributed by atoms with Crippen molar-refractivity contribution in [2.75, 3.05) is 31.3 Å². The number of nitrogen functional groups attached to an aromatic ring is 1. The second-order valence-corrected chi connectivity index (χ2v) is 5.17. The van der Waals surface area contributed by atoms with Crippen molar-refractivity contribution >= 4 is 28.9 Å². The summed E-state index contributed by atoms with van der Waals surface area (Å²) < 4.78 is 0. The number of carbonyl (C=O) groups excluding carboxylic acids is 1. The zero-order valence-corrected chi connectivity index (χ0v) is 11.4. The van der Waals surface area contributed by atoms with Gasteiger partial charge in [-0.15, -0.1) is 0 Å². The van der Waals surface area contributed by atoms with Crippen molar-refractivity contribution in [2.45, 2.75) is 18.9 Å². The van der Waals surface area contributed by atoms with E-state index in [9.17, 15) is 4.79 Å². The lowest BCUT2D eigenvalue weighted by atomic mass is 10.1. The standard InChI is InChI=1S/C13H18ClN3O/c1-16(2)13(18)11-7-4-8-17(11)12-9(14)5-3-6-10(12)15/h3,5-6,11H,4,7-8,15H2,1-2H3. The lowest BCUT2D eigenvalue weighted by Gasteiger charge is -2.29. The molecule has 1 fully saturated rings. The van der Waals surface area contributed by atoms with Crippen molar-refractivity contribution in [3.63, 3.8) is 0 Å². The third kappa shape index (κ3) is 2.25. The Kier molecular flexibility index (Phi) is 3.66. The Balaban J connectivity index is 2.35. The second-order valence-electron chi connectivity index (χ2n) is 4.76. The molecule has 0 aromatic heterocycles. The fourth-order valence-electron chi connectivity index (χ4n) is 2.42. The van der Waals surface area contributed by atoms with E-state index >= 15 is 0 Å². The highest BCUT2D eigenvalue weighted by Crippen LogP contribution is 2.36. The van der Waals surface area contributed by atoms with Crippen LogP contribution >= 0.6 is 11.6 Å². The monoisotopic (exact) mass is 267 g/mol. The van der Waals surface area contributed by atoms with Crippen LogP contribution in [0.5, 0.6) is 0 Å². The van der Waals surface area contributed by atoms with Crippen LogP contribution in [0.4, 0.5) is 11.4 Å². The largest absolute Gasteiger partial charge is 0.397 e. The van der Waals surface area contributed by atoms with E-state index in [1.165, 1.54) is 0 Å². The molecule has 1 unspecified atom stereocenters. The maximum absolute atomic E-state index is 12.2. The molecule has 98 valence electrons. The Hall–Kier alpha value is -1.42. The Morgan fingerprint density at radius 1 is 1.50 bits per heavy atom. The average molecular weight is 268 g/mol. The van der Waals surface area contributed by atoms with Crippen molar-refractivity contribution in [2.24, 2.45) is 0 Å². The van der Waals surface area contributed by atoms with E-state index in [0.717, 1.165) is 25.1 Å². The fraction of sp³-hybridized carbons (Fsp3) is 0.462. The second kappa shape index (κ2) is 5.06. The van der Waals surface area contributed by atoms with Gasteiger partial charge in [-0.3, -0.25) is 4.79 Å². The maximum Gasteiger partial charge on any atom is 0.244 e. The van der Waals surface area contributed by atoms with Gasteiger partial charge in [-0.2, -0.15) is 0 Å². The molecule has 1 aromatic carbocycles. The van der Waals surface area contributed by atoms with E-state index in [1.54, 1.807) is 19.0 Å². The lowest BCUT2D eigenvalue weighted by molar-refractivity contribution is -0.129. The van der Waals surface area contributed by atoms with Crippen LogP contribution in [0.15, 0.2) is 18.2 Å². The Morgan fingerprint density at radius 3 is 2.83 bits per heavy atom. The number of carbonyl (C=O) groups is 1. The van der Waals surface area contributed by atoms with Crippen LogP contribution in [0, 0.1) is 0 Å². The summed E-state index contributed by atoms with van der Waals surface area (Å²) in [4.78, 5) is 15.8. The molecule has 1 atom stereocenters. The number of benzene rings is 1. The van der Waals surface area contributed by atoms with Crippen LogP contribution in [0.2, 0.25) is 5.02 Å². The number of anilines is 2. The van der Waals surface area contributed by atoms with Gasteiger partial charge >= 0.3 is 0 Å². The Labute approximate surface area is 112 Å². The number of halogens is 1. The molecule has 1 aliphatic rings. The minimum atomic E-state index is -0.151. The van der Waals surface area contributed by atoms with E-state index < -0.39 is 0 Å². The zero-order valence-electron chi connectivity index (χ0n) is 10.7. The van der Waals surface area contributed by atoms with Crippen LogP contribution in [-0.2, 0) is 4.79 Å². The first-order valence-electron chi connectivity index (χ1n) is 6.04. The summed E-state index contributed by atoms with van der Waals surface area (Å²) in [5, 5.41) is 0.605. The molecule has 1 amide bonds. The first kappa shape index (κ1) is 13.0. The number of hydrogen-bond acceptors (Lipinski definition) is 3. The molecule has 0 aliphatic carbocycles. The SMILES string of the molecule is CN(C)C(=O)C1CCCN1c1c(N)cccc1Cl. The predicted octanol–water partition coefficient (Wildman–Crippen LogP) is 1.98. The van der Waals surface area contributed by atoms with Gasteiger partial charge in [-0.1, -0.05) is 17.7 Å².